The zero-order chi connectivity index (χ0) is 19.5. The van der Waals surface area contributed by atoms with E-state index in [9.17, 15) is 0 Å². The molecular formula is C17H12BBr3F2N2O2. The van der Waals surface area contributed by atoms with E-state index in [1.807, 2.05) is 0 Å². The molecule has 10 heteroatoms. The lowest BCUT2D eigenvalue weighted by Gasteiger charge is -2.32. The minimum atomic E-state index is -4.05. The Labute approximate surface area is 179 Å². The van der Waals surface area contributed by atoms with Gasteiger partial charge in [-0.25, -0.2) is 0 Å². The molecule has 0 bridgehead atoms. The van der Waals surface area contributed by atoms with Gasteiger partial charge in [-0.1, -0.05) is 15.9 Å². The molecule has 0 saturated heterocycles. The number of hydrogen-bond donors (Lipinski definition) is 0. The summed E-state index contributed by atoms with van der Waals surface area (Å²) in [5, 5.41) is 0. The third kappa shape index (κ3) is 2.67. The second-order valence-electron chi connectivity index (χ2n) is 5.97. The zero-order valence-electron chi connectivity index (χ0n) is 14.1. The smallest absolute Gasteiger partial charge is 0.493 e. The van der Waals surface area contributed by atoms with Gasteiger partial charge in [0, 0.05) is 43.8 Å². The molecule has 2 aromatic rings. The Bertz CT molecular complexity index is 1080. The molecule has 1 aromatic heterocycles. The van der Waals surface area contributed by atoms with Crippen LogP contribution in [-0.4, -0.2) is 34.8 Å². The summed E-state index contributed by atoms with van der Waals surface area (Å²) in [5.74, 6) is 1.06. The van der Waals surface area contributed by atoms with Crippen LogP contribution >= 0.6 is 47.8 Å². The Kier molecular flexibility index (Phi) is 4.63. The number of aromatic nitrogens is 1. The van der Waals surface area contributed by atoms with Crippen LogP contribution in [0.2, 0.25) is 0 Å². The molecule has 0 fully saturated rings. The predicted molar refractivity (Wildman–Crippen MR) is 112 cm³/mol. The minimum absolute atomic E-state index is 0.308. The molecule has 2 aliphatic heterocycles. The molecule has 0 aliphatic carbocycles. The highest BCUT2D eigenvalue weighted by atomic mass is 79.9. The van der Waals surface area contributed by atoms with Crippen molar-refractivity contribution in [2.45, 2.75) is 0 Å². The molecule has 0 amide bonds. The van der Waals surface area contributed by atoms with Crippen molar-refractivity contribution in [1.82, 2.24) is 4.48 Å². The van der Waals surface area contributed by atoms with Crippen molar-refractivity contribution in [2.75, 3.05) is 14.2 Å². The van der Waals surface area contributed by atoms with Gasteiger partial charge in [-0.2, -0.15) is 0 Å². The molecule has 2 aliphatic rings. The lowest BCUT2D eigenvalue weighted by Crippen LogP contribution is -2.50. The quantitative estimate of drug-likeness (QED) is 0.467. The van der Waals surface area contributed by atoms with Gasteiger partial charge in [0.2, 0.25) is 4.62 Å². The lowest BCUT2D eigenvalue weighted by atomic mass is 9.86. The molecule has 4 rings (SSSR count). The van der Waals surface area contributed by atoms with Crippen molar-refractivity contribution < 1.29 is 22.6 Å². The highest BCUT2D eigenvalue weighted by Gasteiger charge is 2.54. The number of allylic oxidation sites excluding steroid dienone is 2. The van der Waals surface area contributed by atoms with Gasteiger partial charge >= 0.3 is 6.97 Å². The number of ether oxygens (including phenoxy) is 2. The Morgan fingerprint density at radius 1 is 1.00 bits per heavy atom. The van der Waals surface area contributed by atoms with Crippen molar-refractivity contribution in [3.05, 3.63) is 62.4 Å². The maximum Gasteiger partial charge on any atom is 0.738 e. The van der Waals surface area contributed by atoms with Crippen molar-refractivity contribution in [3.63, 3.8) is 0 Å². The van der Waals surface area contributed by atoms with Crippen LogP contribution < -0.4 is 9.47 Å². The van der Waals surface area contributed by atoms with E-state index in [0.717, 1.165) is 14.5 Å². The van der Waals surface area contributed by atoms with Gasteiger partial charge in [-0.3, -0.25) is 0 Å². The molecule has 27 heavy (non-hydrogen) atoms. The fourth-order valence-electron chi connectivity index (χ4n) is 3.45. The molecule has 0 unspecified atom stereocenters. The zero-order valence-corrected chi connectivity index (χ0v) is 18.9. The van der Waals surface area contributed by atoms with Crippen LogP contribution in [0.5, 0.6) is 11.5 Å². The molecule has 4 nitrogen and oxygen atoms in total. The van der Waals surface area contributed by atoms with Crippen LogP contribution in [-0.2, 0) is 0 Å². The molecule has 0 saturated carbocycles. The first-order chi connectivity index (χ1) is 12.8. The van der Waals surface area contributed by atoms with E-state index >= 15 is 8.63 Å². The number of rotatable bonds is 3. The monoisotopic (exact) mass is 562 g/mol. The maximum absolute atomic E-state index is 15.3. The SMILES string of the molecule is COc1cc(Br)c(C2=C3C=CC(Br)=[N+]3[B-](F)(F)n3c(Br)ccc32)cc1OC. The van der Waals surface area contributed by atoms with Crippen molar-refractivity contribution in [3.8, 4) is 11.5 Å². The third-order valence-electron chi connectivity index (χ3n) is 4.61. The van der Waals surface area contributed by atoms with Crippen LogP contribution in [0, 0.1) is 0 Å². The fraction of sp³-hybridized carbons (Fsp3) is 0.118. The summed E-state index contributed by atoms with van der Waals surface area (Å²) in [7, 11) is 3.09. The van der Waals surface area contributed by atoms with E-state index in [2.05, 4.69) is 47.8 Å². The van der Waals surface area contributed by atoms with Crippen molar-refractivity contribution in [1.29, 1.82) is 0 Å². The Morgan fingerprint density at radius 2 is 1.67 bits per heavy atom. The summed E-state index contributed by atoms with van der Waals surface area (Å²) in [6, 6.07) is 6.86. The van der Waals surface area contributed by atoms with E-state index < -0.39 is 6.97 Å². The van der Waals surface area contributed by atoms with E-state index in [-0.39, 0.29) is 0 Å². The molecule has 0 radical (unpaired) electrons. The van der Waals surface area contributed by atoms with Crippen LogP contribution in [0.15, 0.2) is 51.2 Å². The molecule has 1 aromatic carbocycles. The lowest BCUT2D eigenvalue weighted by molar-refractivity contribution is -0.358. The first-order valence-electron chi connectivity index (χ1n) is 7.87. The fourth-order valence-corrected chi connectivity index (χ4v) is 5.11. The first kappa shape index (κ1) is 19.0. The summed E-state index contributed by atoms with van der Waals surface area (Å²) in [6.07, 6.45) is 3.31. The van der Waals surface area contributed by atoms with Gasteiger partial charge in [0.05, 0.1) is 24.4 Å². The molecule has 0 atom stereocenters. The average Bonchev–Trinajstić information content (AvgIpc) is 3.20. The first-order valence-corrected chi connectivity index (χ1v) is 10.2. The van der Waals surface area contributed by atoms with Crippen LogP contribution in [0.25, 0.3) is 5.57 Å². The number of benzene rings is 1. The Balaban J connectivity index is 2.09. The second-order valence-corrected chi connectivity index (χ2v) is 8.45. The van der Waals surface area contributed by atoms with E-state index in [0.29, 0.717) is 42.2 Å². The number of methoxy groups -OCH3 is 2. The van der Waals surface area contributed by atoms with E-state index in [4.69, 9.17) is 9.47 Å². The van der Waals surface area contributed by atoms with Gasteiger partial charge in [-0.15, -0.1) is 0 Å². The molecule has 3 heterocycles. The standard InChI is InChI=1S/C17H12BBr3F2N2O2/c1-26-13-7-9(10(19)8-14(13)27-2)17-11-3-5-15(20)24(11)18(22,23)25-12(17)4-6-16(25)21/h3-8H,1-2H3. The summed E-state index contributed by atoms with van der Waals surface area (Å²) >= 11 is 10.1. The van der Waals surface area contributed by atoms with Gasteiger partial charge in [0.1, 0.15) is 0 Å². The predicted octanol–water partition coefficient (Wildman–Crippen LogP) is 5.40. The summed E-state index contributed by atoms with van der Waals surface area (Å²) in [4.78, 5) is 0. The summed E-state index contributed by atoms with van der Waals surface area (Å²) < 4.78 is 44.7. The highest BCUT2D eigenvalue weighted by Crippen LogP contribution is 2.45. The normalized spacial score (nSPS) is 17.3. The van der Waals surface area contributed by atoms with E-state index in [1.165, 1.54) is 7.11 Å². The third-order valence-corrected chi connectivity index (χ3v) is 6.56. The molecule has 0 N–H and O–H groups in total. The van der Waals surface area contributed by atoms with Gasteiger partial charge < -0.3 is 27.1 Å². The number of fused-ring (bicyclic) bond motifs is 2. The van der Waals surface area contributed by atoms with Crippen LogP contribution in [0.4, 0.5) is 8.63 Å². The summed E-state index contributed by atoms with van der Waals surface area (Å²) in [5.41, 5.74) is 2.21. The van der Waals surface area contributed by atoms with E-state index in [1.54, 1.807) is 43.5 Å². The molecular weight excluding hydrogens is 553 g/mol. The highest BCUT2D eigenvalue weighted by molar-refractivity contribution is 9.18. The Morgan fingerprint density at radius 3 is 2.33 bits per heavy atom. The van der Waals surface area contributed by atoms with Gasteiger partial charge in [0.15, 0.2) is 17.2 Å². The van der Waals surface area contributed by atoms with Crippen LogP contribution in [0.3, 0.4) is 0 Å². The topological polar surface area (TPSA) is 26.4 Å². The van der Waals surface area contributed by atoms with Gasteiger partial charge in [-0.05, 0) is 40.2 Å². The molecule has 0 spiro atoms. The van der Waals surface area contributed by atoms with Gasteiger partial charge in [0.25, 0.3) is 0 Å². The van der Waals surface area contributed by atoms with Crippen LogP contribution in [0.1, 0.15) is 11.3 Å². The minimum Gasteiger partial charge on any atom is -0.493 e. The Hall–Kier alpha value is -1.39. The maximum atomic E-state index is 15.3. The second kappa shape index (κ2) is 6.60. The number of hydrogen-bond acceptors (Lipinski definition) is 2. The summed E-state index contributed by atoms with van der Waals surface area (Å²) in [6.45, 7) is -4.05. The average molecular weight is 565 g/mol. The molecule has 140 valence electrons. The number of nitrogens with zero attached hydrogens (tertiary/aromatic N) is 2. The van der Waals surface area contributed by atoms with Crippen molar-refractivity contribution in [2.24, 2.45) is 0 Å². The van der Waals surface area contributed by atoms with Crippen molar-refractivity contribution >= 4 is 65.0 Å². The largest absolute Gasteiger partial charge is 0.738 e. The number of halogens is 5.